The third kappa shape index (κ3) is 1.71. The molecule has 0 spiro atoms. The van der Waals surface area contributed by atoms with Gasteiger partial charge in [-0.1, -0.05) is 13.8 Å². The van der Waals surface area contributed by atoms with E-state index < -0.39 is 0 Å². The summed E-state index contributed by atoms with van der Waals surface area (Å²) in [7, 11) is 0. The third-order valence-electron chi connectivity index (χ3n) is 2.21. The molecule has 0 saturated heterocycles. The van der Waals surface area contributed by atoms with Crippen LogP contribution in [0.25, 0.3) is 10.9 Å². The molecule has 2 rings (SSSR count). The van der Waals surface area contributed by atoms with E-state index in [0.717, 1.165) is 10.9 Å². The Labute approximate surface area is 84.3 Å². The SMILES string of the molecule is CC.Cc1cc2[nH]nc(N)c2cc1C. The number of hydrogen-bond acceptors (Lipinski definition) is 2. The molecule has 0 amide bonds. The zero-order chi connectivity index (χ0) is 10.7. The molecule has 1 aromatic heterocycles. The second-order valence-electron chi connectivity index (χ2n) is 3.09. The van der Waals surface area contributed by atoms with Crippen LogP contribution < -0.4 is 5.73 Å². The summed E-state index contributed by atoms with van der Waals surface area (Å²) in [4.78, 5) is 0. The van der Waals surface area contributed by atoms with Gasteiger partial charge in [0.1, 0.15) is 0 Å². The molecule has 1 heterocycles. The van der Waals surface area contributed by atoms with Gasteiger partial charge in [-0.25, -0.2) is 0 Å². The van der Waals surface area contributed by atoms with E-state index in [-0.39, 0.29) is 0 Å². The first-order chi connectivity index (χ1) is 6.68. The van der Waals surface area contributed by atoms with Gasteiger partial charge in [0, 0.05) is 5.39 Å². The highest BCUT2D eigenvalue weighted by molar-refractivity contribution is 5.89. The number of hydrogen-bond donors (Lipinski definition) is 2. The average Bonchev–Trinajstić information content (AvgIpc) is 2.53. The lowest BCUT2D eigenvalue weighted by Gasteiger charge is -1.98. The Kier molecular flexibility index (Phi) is 3.12. The highest BCUT2D eigenvalue weighted by atomic mass is 15.1. The summed E-state index contributed by atoms with van der Waals surface area (Å²) in [6, 6.07) is 4.12. The van der Waals surface area contributed by atoms with E-state index in [1.165, 1.54) is 11.1 Å². The molecule has 1 aromatic carbocycles. The highest BCUT2D eigenvalue weighted by Crippen LogP contribution is 2.21. The lowest BCUT2D eigenvalue weighted by Crippen LogP contribution is -1.85. The third-order valence-corrected chi connectivity index (χ3v) is 2.21. The average molecular weight is 191 g/mol. The topological polar surface area (TPSA) is 54.7 Å². The standard InChI is InChI=1S/C9H11N3.C2H6/c1-5-3-7-8(4-6(5)2)11-12-9(7)10;1-2/h3-4H,1-2H3,(H3,10,11,12);1-2H3. The van der Waals surface area contributed by atoms with Crippen LogP contribution in [0, 0.1) is 13.8 Å². The largest absolute Gasteiger partial charge is 0.382 e. The van der Waals surface area contributed by atoms with Crippen LogP contribution in [0.2, 0.25) is 0 Å². The number of H-pyrrole nitrogens is 1. The monoisotopic (exact) mass is 191 g/mol. The number of aromatic amines is 1. The van der Waals surface area contributed by atoms with Gasteiger partial charge < -0.3 is 5.73 Å². The van der Waals surface area contributed by atoms with Gasteiger partial charge in [-0.2, -0.15) is 5.10 Å². The Morgan fingerprint density at radius 2 is 1.71 bits per heavy atom. The van der Waals surface area contributed by atoms with E-state index in [9.17, 15) is 0 Å². The molecule has 0 unspecified atom stereocenters. The quantitative estimate of drug-likeness (QED) is 0.672. The van der Waals surface area contributed by atoms with Gasteiger partial charge in [-0.15, -0.1) is 0 Å². The summed E-state index contributed by atoms with van der Waals surface area (Å²) in [6.07, 6.45) is 0. The van der Waals surface area contributed by atoms with Gasteiger partial charge >= 0.3 is 0 Å². The van der Waals surface area contributed by atoms with E-state index in [1.807, 2.05) is 13.8 Å². The fourth-order valence-electron chi connectivity index (χ4n) is 1.30. The minimum atomic E-state index is 0.577. The molecule has 0 aliphatic carbocycles. The molecule has 0 saturated carbocycles. The zero-order valence-electron chi connectivity index (χ0n) is 9.18. The summed E-state index contributed by atoms with van der Waals surface area (Å²) >= 11 is 0. The molecule has 3 heteroatoms. The maximum Gasteiger partial charge on any atom is 0.153 e. The number of aryl methyl sites for hydroxylation is 2. The number of rotatable bonds is 0. The predicted octanol–water partition coefficient (Wildman–Crippen LogP) is 2.79. The second kappa shape index (κ2) is 4.13. The van der Waals surface area contributed by atoms with Crippen molar-refractivity contribution < 1.29 is 0 Å². The van der Waals surface area contributed by atoms with Crippen molar-refractivity contribution in [1.29, 1.82) is 0 Å². The molecular formula is C11H17N3. The van der Waals surface area contributed by atoms with Crippen molar-refractivity contribution in [3.05, 3.63) is 23.3 Å². The van der Waals surface area contributed by atoms with Crippen molar-refractivity contribution in [2.75, 3.05) is 5.73 Å². The molecule has 3 N–H and O–H groups in total. The number of nitrogen functional groups attached to an aromatic ring is 1. The lowest BCUT2D eigenvalue weighted by molar-refractivity contribution is 1.13. The first-order valence-electron chi connectivity index (χ1n) is 4.89. The van der Waals surface area contributed by atoms with Crippen LogP contribution >= 0.6 is 0 Å². The maximum atomic E-state index is 5.65. The van der Waals surface area contributed by atoms with Crippen molar-refractivity contribution >= 4 is 16.7 Å². The molecule has 0 atom stereocenters. The molecular weight excluding hydrogens is 174 g/mol. The molecule has 14 heavy (non-hydrogen) atoms. The van der Waals surface area contributed by atoms with Crippen LogP contribution in [0.4, 0.5) is 5.82 Å². The van der Waals surface area contributed by atoms with E-state index in [1.54, 1.807) is 0 Å². The summed E-state index contributed by atoms with van der Waals surface area (Å²) in [6.45, 7) is 8.15. The van der Waals surface area contributed by atoms with Gasteiger partial charge in [0.2, 0.25) is 0 Å². The van der Waals surface area contributed by atoms with Crippen LogP contribution in [0.1, 0.15) is 25.0 Å². The molecule has 0 radical (unpaired) electrons. The van der Waals surface area contributed by atoms with Crippen molar-refractivity contribution in [1.82, 2.24) is 10.2 Å². The zero-order valence-corrected chi connectivity index (χ0v) is 9.18. The number of anilines is 1. The fraction of sp³-hybridized carbons (Fsp3) is 0.364. The Bertz CT molecular complexity index is 429. The smallest absolute Gasteiger partial charge is 0.153 e. The van der Waals surface area contributed by atoms with Crippen LogP contribution in [0.3, 0.4) is 0 Å². The van der Waals surface area contributed by atoms with Gasteiger partial charge in [-0.05, 0) is 37.1 Å². The fourth-order valence-corrected chi connectivity index (χ4v) is 1.30. The molecule has 0 bridgehead atoms. The van der Waals surface area contributed by atoms with Crippen molar-refractivity contribution in [3.63, 3.8) is 0 Å². The van der Waals surface area contributed by atoms with E-state index >= 15 is 0 Å². The van der Waals surface area contributed by atoms with E-state index in [4.69, 9.17) is 5.73 Å². The van der Waals surface area contributed by atoms with Crippen molar-refractivity contribution in [3.8, 4) is 0 Å². The van der Waals surface area contributed by atoms with Gasteiger partial charge in [0.05, 0.1) is 5.52 Å². The number of nitrogens with zero attached hydrogens (tertiary/aromatic N) is 1. The first-order valence-corrected chi connectivity index (χ1v) is 4.89. The molecule has 0 aliphatic rings. The number of aromatic nitrogens is 2. The number of nitrogens with one attached hydrogen (secondary N) is 1. The highest BCUT2D eigenvalue weighted by Gasteiger charge is 2.02. The lowest BCUT2D eigenvalue weighted by atomic mass is 10.1. The molecule has 3 nitrogen and oxygen atoms in total. The van der Waals surface area contributed by atoms with Crippen LogP contribution in [-0.2, 0) is 0 Å². The summed E-state index contributed by atoms with van der Waals surface area (Å²) < 4.78 is 0. The number of nitrogens with two attached hydrogens (primary N) is 1. The Morgan fingerprint density at radius 1 is 1.14 bits per heavy atom. The Balaban J connectivity index is 0.000000461. The maximum absolute atomic E-state index is 5.65. The minimum Gasteiger partial charge on any atom is -0.382 e. The Morgan fingerprint density at radius 3 is 2.36 bits per heavy atom. The summed E-state index contributed by atoms with van der Waals surface area (Å²) in [5.74, 6) is 0.577. The van der Waals surface area contributed by atoms with Crippen LogP contribution in [0.15, 0.2) is 12.1 Å². The van der Waals surface area contributed by atoms with Gasteiger partial charge in [0.25, 0.3) is 0 Å². The number of benzene rings is 1. The normalized spacial score (nSPS) is 9.71. The molecule has 76 valence electrons. The predicted molar refractivity (Wildman–Crippen MR) is 61.3 cm³/mol. The Hall–Kier alpha value is -1.51. The van der Waals surface area contributed by atoms with Gasteiger partial charge in [-0.3, -0.25) is 5.10 Å². The summed E-state index contributed by atoms with van der Waals surface area (Å²) in [5, 5.41) is 7.82. The van der Waals surface area contributed by atoms with Crippen LogP contribution in [0.5, 0.6) is 0 Å². The minimum absolute atomic E-state index is 0.577. The number of fused-ring (bicyclic) bond motifs is 1. The van der Waals surface area contributed by atoms with Gasteiger partial charge in [0.15, 0.2) is 5.82 Å². The molecule has 0 fully saturated rings. The second-order valence-corrected chi connectivity index (χ2v) is 3.09. The molecule has 0 aliphatic heterocycles. The van der Waals surface area contributed by atoms with E-state index in [0.29, 0.717) is 5.82 Å². The first kappa shape index (κ1) is 10.6. The van der Waals surface area contributed by atoms with Crippen LogP contribution in [-0.4, -0.2) is 10.2 Å². The summed E-state index contributed by atoms with van der Waals surface area (Å²) in [5.41, 5.74) is 9.16. The molecule has 2 aromatic rings. The van der Waals surface area contributed by atoms with Crippen molar-refractivity contribution in [2.24, 2.45) is 0 Å². The van der Waals surface area contributed by atoms with Crippen molar-refractivity contribution in [2.45, 2.75) is 27.7 Å². The van der Waals surface area contributed by atoms with E-state index in [2.05, 4.69) is 36.2 Å².